The minimum Gasteiger partial charge on any atom is -0.497 e. The Labute approximate surface area is 125 Å². The van der Waals surface area contributed by atoms with Crippen molar-refractivity contribution in [3.8, 4) is 11.5 Å². The van der Waals surface area contributed by atoms with Crippen LogP contribution in [0.5, 0.6) is 11.5 Å². The van der Waals surface area contributed by atoms with E-state index in [4.69, 9.17) is 9.47 Å². The fourth-order valence-electron chi connectivity index (χ4n) is 2.09. The first-order valence-corrected chi connectivity index (χ1v) is 6.50. The normalized spacial score (nSPS) is 11.5. The number of ether oxygens (including phenoxy) is 2. The van der Waals surface area contributed by atoms with Crippen molar-refractivity contribution in [1.82, 2.24) is 14.8 Å². The zero-order valence-electron chi connectivity index (χ0n) is 12.4. The van der Waals surface area contributed by atoms with Crippen LogP contribution in [-0.4, -0.2) is 35.2 Å². The van der Waals surface area contributed by atoms with Crippen molar-refractivity contribution >= 4 is 0 Å². The second kappa shape index (κ2) is 6.25. The molecule has 0 spiro atoms. The average molecular weight is 315 g/mol. The molecule has 120 valence electrons. The number of hydrogen-bond donors (Lipinski definition) is 0. The van der Waals surface area contributed by atoms with Gasteiger partial charge in [-0.2, -0.15) is 18.3 Å². The van der Waals surface area contributed by atoms with Gasteiger partial charge in [-0.15, -0.1) is 0 Å². The number of alkyl halides is 3. The van der Waals surface area contributed by atoms with Crippen LogP contribution in [0.25, 0.3) is 0 Å². The van der Waals surface area contributed by atoms with Gasteiger partial charge >= 0.3 is 6.18 Å². The van der Waals surface area contributed by atoms with Crippen molar-refractivity contribution in [2.24, 2.45) is 0 Å². The van der Waals surface area contributed by atoms with Gasteiger partial charge in [-0.05, 0) is 13.0 Å². The van der Waals surface area contributed by atoms with Crippen molar-refractivity contribution in [1.29, 1.82) is 0 Å². The molecular weight excluding hydrogens is 299 g/mol. The van der Waals surface area contributed by atoms with Crippen LogP contribution in [0, 0.1) is 6.92 Å². The van der Waals surface area contributed by atoms with Crippen LogP contribution in [0.4, 0.5) is 13.2 Å². The van der Waals surface area contributed by atoms with E-state index in [-0.39, 0.29) is 12.2 Å². The molecule has 0 fully saturated rings. The third-order valence-electron chi connectivity index (χ3n) is 3.03. The Kier molecular flexibility index (Phi) is 4.58. The highest BCUT2D eigenvalue weighted by Crippen LogP contribution is 2.27. The first-order chi connectivity index (χ1) is 10.3. The molecule has 0 N–H and O–H groups in total. The molecule has 22 heavy (non-hydrogen) atoms. The zero-order valence-corrected chi connectivity index (χ0v) is 12.4. The van der Waals surface area contributed by atoms with Crippen molar-refractivity contribution < 1.29 is 22.6 Å². The van der Waals surface area contributed by atoms with Gasteiger partial charge in [-0.3, -0.25) is 0 Å². The van der Waals surface area contributed by atoms with Gasteiger partial charge in [0.1, 0.15) is 29.7 Å². The summed E-state index contributed by atoms with van der Waals surface area (Å²) in [7, 11) is 3.02. The van der Waals surface area contributed by atoms with Gasteiger partial charge < -0.3 is 9.47 Å². The Balaban J connectivity index is 2.31. The Morgan fingerprint density at radius 2 is 1.91 bits per heavy atom. The van der Waals surface area contributed by atoms with Gasteiger partial charge in [0.25, 0.3) is 0 Å². The smallest absolute Gasteiger partial charge is 0.408 e. The third-order valence-corrected chi connectivity index (χ3v) is 3.03. The fraction of sp³-hybridized carbons (Fsp3) is 0.429. The van der Waals surface area contributed by atoms with Gasteiger partial charge in [-0.1, -0.05) is 6.07 Å². The van der Waals surface area contributed by atoms with Crippen molar-refractivity contribution in [3.05, 3.63) is 35.4 Å². The first-order valence-electron chi connectivity index (χ1n) is 6.50. The van der Waals surface area contributed by atoms with Crippen LogP contribution >= 0.6 is 0 Å². The first kappa shape index (κ1) is 16.1. The molecule has 0 aliphatic rings. The molecule has 0 saturated heterocycles. The van der Waals surface area contributed by atoms with Gasteiger partial charge in [0.05, 0.1) is 14.2 Å². The molecule has 0 unspecified atom stereocenters. The highest BCUT2D eigenvalue weighted by Gasteiger charge is 2.30. The maximum atomic E-state index is 12.6. The summed E-state index contributed by atoms with van der Waals surface area (Å²) < 4.78 is 49.0. The predicted octanol–water partition coefficient (Wildman–Crippen LogP) is 2.76. The zero-order chi connectivity index (χ0) is 16.3. The summed E-state index contributed by atoms with van der Waals surface area (Å²) in [4.78, 5) is 4.07. The molecule has 0 aliphatic heterocycles. The van der Waals surface area contributed by atoms with Gasteiger partial charge in [0.15, 0.2) is 0 Å². The summed E-state index contributed by atoms with van der Waals surface area (Å²) in [6.07, 6.45) is -4.16. The number of aromatic nitrogens is 3. The number of halogens is 3. The summed E-state index contributed by atoms with van der Waals surface area (Å²) in [5.41, 5.74) is 0.708. The van der Waals surface area contributed by atoms with Gasteiger partial charge in [-0.25, -0.2) is 9.67 Å². The van der Waals surface area contributed by atoms with Crippen LogP contribution in [0.15, 0.2) is 18.2 Å². The minimum atomic E-state index is -4.35. The second-order valence-electron chi connectivity index (χ2n) is 4.70. The molecule has 5 nitrogen and oxygen atoms in total. The molecule has 2 rings (SSSR count). The molecule has 0 atom stereocenters. The summed E-state index contributed by atoms with van der Waals surface area (Å²) in [6.45, 7) is 0.392. The van der Waals surface area contributed by atoms with E-state index in [0.29, 0.717) is 22.9 Å². The van der Waals surface area contributed by atoms with E-state index < -0.39 is 12.7 Å². The average Bonchev–Trinajstić information content (AvgIpc) is 2.76. The lowest BCUT2D eigenvalue weighted by Crippen LogP contribution is -2.20. The van der Waals surface area contributed by atoms with Crippen LogP contribution in [0.1, 0.15) is 17.2 Å². The SMILES string of the molecule is COc1ccc(Cc2nc(C)nn2CC(F)(F)F)c(OC)c1. The van der Waals surface area contributed by atoms with E-state index in [1.54, 1.807) is 25.1 Å². The lowest BCUT2D eigenvalue weighted by molar-refractivity contribution is -0.143. The predicted molar refractivity (Wildman–Crippen MR) is 73.2 cm³/mol. The summed E-state index contributed by atoms with van der Waals surface area (Å²) in [5.74, 6) is 1.66. The van der Waals surface area contributed by atoms with Crippen molar-refractivity contribution in [2.45, 2.75) is 26.1 Å². The summed E-state index contributed by atoms with van der Waals surface area (Å²) in [5, 5.41) is 3.80. The fourth-order valence-corrected chi connectivity index (χ4v) is 2.09. The maximum Gasteiger partial charge on any atom is 0.408 e. The number of nitrogens with zero attached hydrogens (tertiary/aromatic N) is 3. The van der Waals surface area contributed by atoms with Crippen LogP contribution in [0.2, 0.25) is 0 Å². The quantitative estimate of drug-likeness (QED) is 0.851. The standard InChI is InChI=1S/C14H16F3N3O2/c1-9-18-13(20(19-9)8-14(15,16)17)6-10-4-5-11(21-2)7-12(10)22-3/h4-5,7H,6,8H2,1-3H3. The van der Waals surface area contributed by atoms with Crippen molar-refractivity contribution in [3.63, 3.8) is 0 Å². The van der Waals surface area contributed by atoms with E-state index in [1.165, 1.54) is 14.2 Å². The Hall–Kier alpha value is -2.25. The molecule has 0 radical (unpaired) electrons. The van der Waals surface area contributed by atoms with Crippen LogP contribution in [0.3, 0.4) is 0 Å². The number of benzene rings is 1. The monoisotopic (exact) mass is 315 g/mol. The number of hydrogen-bond acceptors (Lipinski definition) is 4. The van der Waals surface area contributed by atoms with E-state index in [1.807, 2.05) is 0 Å². The second-order valence-corrected chi connectivity index (χ2v) is 4.70. The Bertz CT molecular complexity index is 653. The topological polar surface area (TPSA) is 49.2 Å². The van der Waals surface area contributed by atoms with E-state index in [2.05, 4.69) is 10.1 Å². The molecule has 8 heteroatoms. The lowest BCUT2D eigenvalue weighted by Gasteiger charge is -2.12. The molecule has 0 aliphatic carbocycles. The molecule has 0 saturated carbocycles. The van der Waals surface area contributed by atoms with E-state index in [0.717, 1.165) is 4.68 Å². The highest BCUT2D eigenvalue weighted by atomic mass is 19.4. The van der Waals surface area contributed by atoms with Gasteiger partial charge in [0, 0.05) is 18.1 Å². The molecule has 1 heterocycles. The molecule has 1 aromatic carbocycles. The number of rotatable bonds is 5. The molecule has 0 amide bonds. The largest absolute Gasteiger partial charge is 0.497 e. The molecule has 2 aromatic rings. The lowest BCUT2D eigenvalue weighted by atomic mass is 10.1. The maximum absolute atomic E-state index is 12.6. The third kappa shape index (κ3) is 3.90. The Morgan fingerprint density at radius 1 is 1.18 bits per heavy atom. The number of methoxy groups -OCH3 is 2. The highest BCUT2D eigenvalue weighted by molar-refractivity contribution is 5.42. The summed E-state index contributed by atoms with van der Waals surface area (Å²) >= 11 is 0. The summed E-state index contributed by atoms with van der Waals surface area (Å²) in [6, 6.07) is 5.13. The van der Waals surface area contributed by atoms with Crippen LogP contribution in [-0.2, 0) is 13.0 Å². The molecular formula is C14H16F3N3O2. The minimum absolute atomic E-state index is 0.185. The van der Waals surface area contributed by atoms with E-state index >= 15 is 0 Å². The number of aryl methyl sites for hydroxylation is 1. The van der Waals surface area contributed by atoms with Crippen LogP contribution < -0.4 is 9.47 Å². The Morgan fingerprint density at radius 3 is 2.50 bits per heavy atom. The molecule has 1 aromatic heterocycles. The van der Waals surface area contributed by atoms with E-state index in [9.17, 15) is 13.2 Å². The molecule has 0 bridgehead atoms. The van der Waals surface area contributed by atoms with Gasteiger partial charge in [0.2, 0.25) is 0 Å². The van der Waals surface area contributed by atoms with Crippen molar-refractivity contribution in [2.75, 3.05) is 14.2 Å².